The number of benzene rings is 1. The van der Waals surface area contributed by atoms with Crippen LogP contribution in [-0.4, -0.2) is 24.6 Å². The van der Waals surface area contributed by atoms with E-state index in [4.69, 9.17) is 9.47 Å². The van der Waals surface area contributed by atoms with Gasteiger partial charge in [-0.05, 0) is 62.8 Å². The highest BCUT2D eigenvalue weighted by Gasteiger charge is 2.29. The molecule has 0 radical (unpaired) electrons. The van der Waals surface area contributed by atoms with E-state index in [1.54, 1.807) is 6.92 Å². The van der Waals surface area contributed by atoms with Crippen molar-refractivity contribution < 1.29 is 19.1 Å². The minimum Gasteiger partial charge on any atom is -0.481 e. The first-order chi connectivity index (χ1) is 13.0. The van der Waals surface area contributed by atoms with Crippen LogP contribution in [0, 0.1) is 6.92 Å². The molecule has 0 bridgehead atoms. The minimum atomic E-state index is -0.626. The van der Waals surface area contributed by atoms with Crippen LogP contribution in [0.2, 0.25) is 0 Å². The predicted molar refractivity (Wildman–Crippen MR) is 107 cm³/mol. The average molecular weight is 388 g/mol. The zero-order valence-corrected chi connectivity index (χ0v) is 16.8. The molecule has 1 atom stereocenters. The number of amides is 1. The standard InChI is InChI=1S/C21H25NO4S/c1-4-16(26-14-9-6-8-13(3)12-14)19(23)22-20-18(21(24)25-5-2)15-10-7-11-17(15)27-20/h6,8-9,12,16H,4-5,7,10-11H2,1-3H3,(H,22,23). The van der Waals surface area contributed by atoms with Crippen LogP contribution in [0.25, 0.3) is 0 Å². The molecule has 0 fully saturated rings. The van der Waals surface area contributed by atoms with Crippen molar-refractivity contribution in [2.75, 3.05) is 11.9 Å². The summed E-state index contributed by atoms with van der Waals surface area (Å²) in [6.45, 7) is 5.98. The third-order valence-electron chi connectivity index (χ3n) is 4.57. The molecule has 144 valence electrons. The summed E-state index contributed by atoms with van der Waals surface area (Å²) in [5.41, 5.74) is 2.62. The molecule has 1 aliphatic carbocycles. The average Bonchev–Trinajstić information content (AvgIpc) is 3.20. The van der Waals surface area contributed by atoms with Crippen molar-refractivity contribution in [1.82, 2.24) is 0 Å². The van der Waals surface area contributed by atoms with Crippen LogP contribution in [0.3, 0.4) is 0 Å². The molecule has 6 heteroatoms. The summed E-state index contributed by atoms with van der Waals surface area (Å²) < 4.78 is 11.1. The van der Waals surface area contributed by atoms with Crippen molar-refractivity contribution in [3.63, 3.8) is 0 Å². The highest BCUT2D eigenvalue weighted by atomic mass is 32.1. The van der Waals surface area contributed by atoms with Gasteiger partial charge in [0.25, 0.3) is 5.91 Å². The molecule has 3 rings (SSSR count). The van der Waals surface area contributed by atoms with E-state index < -0.39 is 6.10 Å². The summed E-state index contributed by atoms with van der Waals surface area (Å²) in [6.07, 6.45) is 2.74. The Labute approximate surface area is 163 Å². The molecule has 1 unspecified atom stereocenters. The van der Waals surface area contributed by atoms with Gasteiger partial charge in [-0.2, -0.15) is 0 Å². The van der Waals surface area contributed by atoms with E-state index in [0.717, 1.165) is 30.4 Å². The Morgan fingerprint density at radius 2 is 2.07 bits per heavy atom. The van der Waals surface area contributed by atoms with E-state index >= 15 is 0 Å². The molecule has 27 heavy (non-hydrogen) atoms. The number of hydrogen-bond acceptors (Lipinski definition) is 5. The molecule has 2 aromatic rings. The number of nitrogens with one attached hydrogen (secondary N) is 1. The smallest absolute Gasteiger partial charge is 0.341 e. The molecule has 0 spiro atoms. The number of fused-ring (bicyclic) bond motifs is 1. The molecule has 1 N–H and O–H groups in total. The van der Waals surface area contributed by atoms with Gasteiger partial charge in [0.15, 0.2) is 6.10 Å². The van der Waals surface area contributed by atoms with E-state index in [1.165, 1.54) is 16.2 Å². The fourth-order valence-electron chi connectivity index (χ4n) is 3.28. The highest BCUT2D eigenvalue weighted by molar-refractivity contribution is 7.17. The van der Waals surface area contributed by atoms with Gasteiger partial charge in [-0.25, -0.2) is 4.79 Å². The van der Waals surface area contributed by atoms with Crippen molar-refractivity contribution in [2.24, 2.45) is 0 Å². The Morgan fingerprint density at radius 3 is 2.78 bits per heavy atom. The Hall–Kier alpha value is -2.34. The van der Waals surface area contributed by atoms with Crippen molar-refractivity contribution in [3.05, 3.63) is 45.8 Å². The number of esters is 1. The Kier molecular flexibility index (Phi) is 6.16. The third-order valence-corrected chi connectivity index (χ3v) is 5.78. The summed E-state index contributed by atoms with van der Waals surface area (Å²) in [5.74, 6) is 0.0561. The fraction of sp³-hybridized carbons (Fsp3) is 0.429. The summed E-state index contributed by atoms with van der Waals surface area (Å²) in [6, 6.07) is 7.62. The van der Waals surface area contributed by atoms with Gasteiger partial charge < -0.3 is 14.8 Å². The molecule has 1 amide bonds. The fourth-order valence-corrected chi connectivity index (χ4v) is 4.56. The second kappa shape index (κ2) is 8.57. The largest absolute Gasteiger partial charge is 0.481 e. The van der Waals surface area contributed by atoms with Crippen LogP contribution < -0.4 is 10.1 Å². The number of aryl methyl sites for hydroxylation is 2. The van der Waals surface area contributed by atoms with Crippen molar-refractivity contribution >= 4 is 28.2 Å². The number of anilines is 1. The maximum absolute atomic E-state index is 12.8. The van der Waals surface area contributed by atoms with Crippen molar-refractivity contribution in [3.8, 4) is 5.75 Å². The molecule has 1 heterocycles. The predicted octanol–water partition coefficient (Wildman–Crippen LogP) is 4.52. The zero-order chi connectivity index (χ0) is 19.4. The number of rotatable bonds is 7. The second-order valence-electron chi connectivity index (χ2n) is 6.60. The van der Waals surface area contributed by atoms with Gasteiger partial charge in [0, 0.05) is 4.88 Å². The maximum Gasteiger partial charge on any atom is 0.341 e. The van der Waals surface area contributed by atoms with Gasteiger partial charge in [-0.3, -0.25) is 4.79 Å². The molecule has 0 saturated carbocycles. The van der Waals surface area contributed by atoms with Crippen LogP contribution in [0.5, 0.6) is 5.75 Å². The van der Waals surface area contributed by atoms with Gasteiger partial charge in [0.05, 0.1) is 12.2 Å². The van der Waals surface area contributed by atoms with Crippen LogP contribution >= 0.6 is 11.3 Å². The zero-order valence-electron chi connectivity index (χ0n) is 16.0. The normalized spacial score (nSPS) is 13.7. The van der Waals surface area contributed by atoms with Crippen LogP contribution in [0.15, 0.2) is 24.3 Å². The van der Waals surface area contributed by atoms with E-state index in [9.17, 15) is 9.59 Å². The second-order valence-corrected chi connectivity index (χ2v) is 7.71. The van der Waals surface area contributed by atoms with Crippen molar-refractivity contribution in [2.45, 2.75) is 52.6 Å². The molecule has 1 aliphatic rings. The first kappa shape index (κ1) is 19.4. The summed E-state index contributed by atoms with van der Waals surface area (Å²) in [7, 11) is 0. The van der Waals surface area contributed by atoms with Crippen LogP contribution in [0.4, 0.5) is 5.00 Å². The van der Waals surface area contributed by atoms with Gasteiger partial charge in [0.2, 0.25) is 0 Å². The van der Waals surface area contributed by atoms with E-state index in [1.807, 2.05) is 38.1 Å². The molecule has 1 aromatic heterocycles. The molecule has 0 aliphatic heterocycles. The number of hydrogen-bond donors (Lipinski definition) is 1. The summed E-state index contributed by atoms with van der Waals surface area (Å²) in [4.78, 5) is 26.4. The van der Waals surface area contributed by atoms with Gasteiger partial charge in [-0.15, -0.1) is 11.3 Å². The van der Waals surface area contributed by atoms with E-state index in [0.29, 0.717) is 29.3 Å². The lowest BCUT2D eigenvalue weighted by molar-refractivity contribution is -0.122. The molecule has 0 saturated heterocycles. The highest BCUT2D eigenvalue weighted by Crippen LogP contribution is 2.39. The molecular formula is C21H25NO4S. The first-order valence-electron chi connectivity index (χ1n) is 9.39. The minimum absolute atomic E-state index is 0.246. The lowest BCUT2D eigenvalue weighted by Gasteiger charge is -2.17. The molecule has 5 nitrogen and oxygen atoms in total. The first-order valence-corrected chi connectivity index (χ1v) is 10.2. The Bertz CT molecular complexity index is 843. The van der Waals surface area contributed by atoms with Crippen LogP contribution in [0.1, 0.15) is 53.1 Å². The Morgan fingerprint density at radius 1 is 1.26 bits per heavy atom. The molecule has 1 aromatic carbocycles. The number of thiophene rings is 1. The van der Waals surface area contributed by atoms with E-state index in [-0.39, 0.29) is 11.9 Å². The van der Waals surface area contributed by atoms with Crippen LogP contribution in [-0.2, 0) is 22.4 Å². The lowest BCUT2D eigenvalue weighted by Crippen LogP contribution is -2.32. The Balaban J connectivity index is 1.79. The third kappa shape index (κ3) is 4.33. The summed E-state index contributed by atoms with van der Waals surface area (Å²) >= 11 is 1.48. The monoisotopic (exact) mass is 387 g/mol. The van der Waals surface area contributed by atoms with E-state index in [2.05, 4.69) is 5.32 Å². The quantitative estimate of drug-likeness (QED) is 0.710. The molecular weight excluding hydrogens is 362 g/mol. The van der Waals surface area contributed by atoms with Crippen molar-refractivity contribution in [1.29, 1.82) is 0 Å². The maximum atomic E-state index is 12.8. The van der Waals surface area contributed by atoms with Gasteiger partial charge in [0.1, 0.15) is 10.8 Å². The lowest BCUT2D eigenvalue weighted by atomic mass is 10.1. The van der Waals surface area contributed by atoms with Gasteiger partial charge in [-0.1, -0.05) is 19.1 Å². The summed E-state index contributed by atoms with van der Waals surface area (Å²) in [5, 5.41) is 3.50. The van der Waals surface area contributed by atoms with Gasteiger partial charge >= 0.3 is 5.97 Å². The number of carbonyl (C=O) groups excluding carboxylic acids is 2. The number of ether oxygens (including phenoxy) is 2. The number of carbonyl (C=O) groups is 2. The SMILES string of the molecule is CCOC(=O)c1c(NC(=O)C(CC)Oc2cccc(C)c2)sc2c1CCC2. The topological polar surface area (TPSA) is 64.6 Å².